The summed E-state index contributed by atoms with van der Waals surface area (Å²) in [5, 5.41) is 0. The van der Waals surface area contributed by atoms with Gasteiger partial charge in [-0.25, -0.2) is 4.79 Å². The summed E-state index contributed by atoms with van der Waals surface area (Å²) in [6, 6.07) is 10.8. The zero-order chi connectivity index (χ0) is 16.8. The highest BCUT2D eigenvalue weighted by molar-refractivity contribution is 5.92. The van der Waals surface area contributed by atoms with Crippen molar-refractivity contribution < 1.29 is 23.7 Å². The smallest absolute Gasteiger partial charge is 0.341 e. The zero-order valence-electron chi connectivity index (χ0n) is 13.7. The number of hydrogen-bond donors (Lipinski definition) is 0. The third-order valence-corrected chi connectivity index (χ3v) is 3.41. The highest BCUT2D eigenvalue weighted by atomic mass is 16.5. The molecule has 2 aromatic rings. The molecule has 0 aliphatic carbocycles. The monoisotopic (exact) mass is 316 g/mol. The van der Waals surface area contributed by atoms with Crippen molar-refractivity contribution in [2.24, 2.45) is 0 Å². The SMILES string of the molecule is COC(=O)c1ccc(OC)cc1OCc1cc(C)ccc1OC. The van der Waals surface area contributed by atoms with Crippen LogP contribution in [0.25, 0.3) is 0 Å². The molecule has 2 rings (SSSR count). The number of hydrogen-bond acceptors (Lipinski definition) is 5. The topological polar surface area (TPSA) is 54.0 Å². The molecule has 0 aliphatic rings. The third-order valence-electron chi connectivity index (χ3n) is 3.41. The Labute approximate surface area is 135 Å². The molecule has 0 N–H and O–H groups in total. The molecule has 0 fully saturated rings. The van der Waals surface area contributed by atoms with Gasteiger partial charge in [0.15, 0.2) is 0 Å². The van der Waals surface area contributed by atoms with E-state index in [9.17, 15) is 4.79 Å². The first-order valence-corrected chi connectivity index (χ1v) is 7.11. The molecular weight excluding hydrogens is 296 g/mol. The van der Waals surface area contributed by atoms with Crippen LogP contribution in [0, 0.1) is 6.92 Å². The molecule has 0 aromatic heterocycles. The van der Waals surface area contributed by atoms with E-state index in [2.05, 4.69) is 0 Å². The molecular formula is C18H20O5. The fourth-order valence-electron chi connectivity index (χ4n) is 2.20. The lowest BCUT2D eigenvalue weighted by molar-refractivity contribution is 0.0595. The van der Waals surface area contributed by atoms with Crippen LogP contribution in [0.5, 0.6) is 17.2 Å². The van der Waals surface area contributed by atoms with Crippen LogP contribution in [-0.4, -0.2) is 27.3 Å². The van der Waals surface area contributed by atoms with E-state index in [0.717, 1.165) is 16.9 Å². The van der Waals surface area contributed by atoms with Crippen molar-refractivity contribution in [3.05, 3.63) is 53.1 Å². The molecule has 0 aliphatic heterocycles. The minimum absolute atomic E-state index is 0.266. The molecule has 23 heavy (non-hydrogen) atoms. The Morgan fingerprint density at radius 2 is 1.74 bits per heavy atom. The molecule has 0 bridgehead atoms. The normalized spacial score (nSPS) is 10.1. The number of ether oxygens (including phenoxy) is 4. The quantitative estimate of drug-likeness (QED) is 0.765. The lowest BCUT2D eigenvalue weighted by atomic mass is 10.1. The maximum Gasteiger partial charge on any atom is 0.341 e. The molecule has 5 heteroatoms. The second kappa shape index (κ2) is 7.54. The number of benzene rings is 2. The first-order chi connectivity index (χ1) is 11.1. The predicted octanol–water partition coefficient (Wildman–Crippen LogP) is 3.38. The minimum atomic E-state index is -0.459. The van der Waals surface area contributed by atoms with E-state index in [1.54, 1.807) is 32.4 Å². The minimum Gasteiger partial charge on any atom is -0.497 e. The number of rotatable bonds is 6. The van der Waals surface area contributed by atoms with Crippen LogP contribution >= 0.6 is 0 Å². The zero-order valence-corrected chi connectivity index (χ0v) is 13.7. The number of aryl methyl sites for hydroxylation is 1. The Hall–Kier alpha value is -2.69. The first kappa shape index (κ1) is 16.7. The Balaban J connectivity index is 2.29. The number of esters is 1. The van der Waals surface area contributed by atoms with Crippen molar-refractivity contribution in [2.75, 3.05) is 21.3 Å². The van der Waals surface area contributed by atoms with E-state index in [1.807, 2.05) is 25.1 Å². The highest BCUT2D eigenvalue weighted by Gasteiger charge is 2.15. The third kappa shape index (κ3) is 3.94. The highest BCUT2D eigenvalue weighted by Crippen LogP contribution is 2.28. The van der Waals surface area contributed by atoms with Crippen molar-refractivity contribution in [1.82, 2.24) is 0 Å². The molecule has 5 nitrogen and oxygen atoms in total. The van der Waals surface area contributed by atoms with Gasteiger partial charge in [-0.2, -0.15) is 0 Å². The maximum absolute atomic E-state index is 11.9. The predicted molar refractivity (Wildman–Crippen MR) is 86.4 cm³/mol. The fourth-order valence-corrected chi connectivity index (χ4v) is 2.20. The van der Waals surface area contributed by atoms with Crippen molar-refractivity contribution in [2.45, 2.75) is 13.5 Å². The molecule has 0 unspecified atom stereocenters. The Bertz CT molecular complexity index is 694. The van der Waals surface area contributed by atoms with Crippen molar-refractivity contribution in [3.8, 4) is 17.2 Å². The molecule has 122 valence electrons. The largest absolute Gasteiger partial charge is 0.497 e. The molecule has 0 saturated heterocycles. The van der Waals surface area contributed by atoms with Gasteiger partial charge in [-0.3, -0.25) is 0 Å². The summed E-state index contributed by atoms with van der Waals surface area (Å²) in [5.41, 5.74) is 2.34. The second-order valence-corrected chi connectivity index (χ2v) is 4.96. The summed E-state index contributed by atoms with van der Waals surface area (Å²) in [4.78, 5) is 11.9. The van der Waals surface area contributed by atoms with Crippen LogP contribution in [0.2, 0.25) is 0 Å². The Kier molecular flexibility index (Phi) is 5.46. The summed E-state index contributed by atoms with van der Waals surface area (Å²) in [7, 11) is 4.50. The van der Waals surface area contributed by atoms with Crippen LogP contribution in [0.3, 0.4) is 0 Å². The van der Waals surface area contributed by atoms with Crippen molar-refractivity contribution in [3.63, 3.8) is 0 Å². The second-order valence-electron chi connectivity index (χ2n) is 4.96. The fraction of sp³-hybridized carbons (Fsp3) is 0.278. The number of carbonyl (C=O) groups excluding carboxylic acids is 1. The Morgan fingerprint density at radius 1 is 0.957 bits per heavy atom. The molecule has 2 aromatic carbocycles. The van der Waals surface area contributed by atoms with Gasteiger partial charge in [-0.05, 0) is 31.2 Å². The average molecular weight is 316 g/mol. The van der Waals surface area contributed by atoms with Gasteiger partial charge < -0.3 is 18.9 Å². The van der Waals surface area contributed by atoms with Crippen LogP contribution in [0.1, 0.15) is 21.5 Å². The van der Waals surface area contributed by atoms with Gasteiger partial charge in [-0.1, -0.05) is 11.6 Å². The van der Waals surface area contributed by atoms with Gasteiger partial charge in [0, 0.05) is 11.6 Å². The lowest BCUT2D eigenvalue weighted by Gasteiger charge is -2.14. The molecule has 0 radical (unpaired) electrons. The molecule has 0 atom stereocenters. The van der Waals surface area contributed by atoms with Crippen LogP contribution in [-0.2, 0) is 11.3 Å². The first-order valence-electron chi connectivity index (χ1n) is 7.11. The summed E-state index contributed by atoms with van der Waals surface area (Å²) >= 11 is 0. The summed E-state index contributed by atoms with van der Waals surface area (Å²) in [6.07, 6.45) is 0. The van der Waals surface area contributed by atoms with E-state index < -0.39 is 5.97 Å². The van der Waals surface area contributed by atoms with Crippen molar-refractivity contribution >= 4 is 5.97 Å². The van der Waals surface area contributed by atoms with E-state index >= 15 is 0 Å². The van der Waals surface area contributed by atoms with Gasteiger partial charge in [0.2, 0.25) is 0 Å². The Morgan fingerprint density at radius 3 is 2.39 bits per heavy atom. The van der Waals surface area contributed by atoms with Gasteiger partial charge in [0.05, 0.1) is 21.3 Å². The molecule has 0 spiro atoms. The summed E-state index contributed by atoms with van der Waals surface area (Å²) in [5.74, 6) is 1.28. The molecule has 0 amide bonds. The summed E-state index contributed by atoms with van der Waals surface area (Å²) in [6.45, 7) is 2.26. The lowest BCUT2D eigenvalue weighted by Crippen LogP contribution is -2.07. The van der Waals surface area contributed by atoms with Crippen LogP contribution in [0.15, 0.2) is 36.4 Å². The summed E-state index contributed by atoms with van der Waals surface area (Å²) < 4.78 is 21.1. The van der Waals surface area contributed by atoms with Crippen LogP contribution in [0.4, 0.5) is 0 Å². The van der Waals surface area contributed by atoms with E-state index in [0.29, 0.717) is 17.1 Å². The van der Waals surface area contributed by atoms with E-state index in [4.69, 9.17) is 18.9 Å². The average Bonchev–Trinajstić information content (AvgIpc) is 2.59. The number of methoxy groups -OCH3 is 3. The van der Waals surface area contributed by atoms with Gasteiger partial charge in [0.25, 0.3) is 0 Å². The standard InChI is InChI=1S/C18H20O5/c1-12-5-8-16(21-3)13(9-12)11-23-17-10-14(20-2)6-7-15(17)18(19)22-4/h5-10H,11H2,1-4H3. The van der Waals surface area contributed by atoms with Gasteiger partial charge in [-0.15, -0.1) is 0 Å². The van der Waals surface area contributed by atoms with Crippen molar-refractivity contribution in [1.29, 1.82) is 0 Å². The van der Waals surface area contributed by atoms with E-state index in [1.165, 1.54) is 7.11 Å². The molecule has 0 saturated carbocycles. The number of carbonyl (C=O) groups is 1. The van der Waals surface area contributed by atoms with E-state index in [-0.39, 0.29) is 6.61 Å². The van der Waals surface area contributed by atoms with Gasteiger partial charge >= 0.3 is 5.97 Å². The molecule has 0 heterocycles. The maximum atomic E-state index is 11.9. The van der Waals surface area contributed by atoms with Crippen LogP contribution < -0.4 is 14.2 Å². The van der Waals surface area contributed by atoms with Gasteiger partial charge in [0.1, 0.15) is 29.4 Å².